The average molecular weight is 244 g/mol. The largest absolute Gasteiger partial charge is 0.352 e. The first-order chi connectivity index (χ1) is 8.81. The molecule has 1 aliphatic carbocycles. The van der Waals surface area contributed by atoms with Crippen molar-refractivity contribution >= 4 is 5.91 Å². The second kappa shape index (κ2) is 5.11. The summed E-state index contributed by atoms with van der Waals surface area (Å²) in [5, 5.41) is 6.33. The molecule has 96 valence electrons. The van der Waals surface area contributed by atoms with Crippen LogP contribution in [0, 0.1) is 0 Å². The molecule has 1 aliphatic heterocycles. The summed E-state index contributed by atoms with van der Waals surface area (Å²) in [6.07, 6.45) is 4.21. The molecule has 1 amide bonds. The van der Waals surface area contributed by atoms with Crippen LogP contribution in [-0.4, -0.2) is 25.0 Å². The van der Waals surface area contributed by atoms with Gasteiger partial charge in [0, 0.05) is 12.6 Å². The lowest BCUT2D eigenvalue weighted by Crippen LogP contribution is -2.37. The van der Waals surface area contributed by atoms with Crippen molar-refractivity contribution in [2.45, 2.75) is 37.6 Å². The standard InChI is InChI=1S/C15H20N2O/c18-15(17-14-7-8-16-10-14)9-11-1-3-12(4-2-11)13-5-6-13/h1-4,13-14,16H,5-10H2,(H,17,18)/t14-/m1/s1. The van der Waals surface area contributed by atoms with Gasteiger partial charge in [-0.1, -0.05) is 24.3 Å². The Kier molecular flexibility index (Phi) is 3.33. The number of benzene rings is 1. The molecule has 2 N–H and O–H groups in total. The van der Waals surface area contributed by atoms with E-state index in [9.17, 15) is 4.79 Å². The topological polar surface area (TPSA) is 41.1 Å². The van der Waals surface area contributed by atoms with Crippen molar-refractivity contribution in [2.24, 2.45) is 0 Å². The molecule has 0 bridgehead atoms. The third-order valence-electron chi connectivity index (χ3n) is 3.82. The average Bonchev–Trinajstić information content (AvgIpc) is 3.09. The van der Waals surface area contributed by atoms with Crippen LogP contribution in [0.15, 0.2) is 24.3 Å². The van der Waals surface area contributed by atoms with Crippen LogP contribution < -0.4 is 10.6 Å². The number of hydrogen-bond donors (Lipinski definition) is 2. The van der Waals surface area contributed by atoms with E-state index in [0.717, 1.165) is 31.0 Å². The minimum absolute atomic E-state index is 0.142. The third-order valence-corrected chi connectivity index (χ3v) is 3.82. The molecule has 0 spiro atoms. The van der Waals surface area contributed by atoms with Crippen molar-refractivity contribution in [1.29, 1.82) is 0 Å². The first kappa shape index (κ1) is 11.7. The van der Waals surface area contributed by atoms with E-state index in [0.29, 0.717) is 12.5 Å². The molecular weight excluding hydrogens is 224 g/mol. The summed E-state index contributed by atoms with van der Waals surface area (Å²) in [4.78, 5) is 11.9. The van der Waals surface area contributed by atoms with Crippen molar-refractivity contribution in [3.63, 3.8) is 0 Å². The summed E-state index contributed by atoms with van der Waals surface area (Å²) in [5.41, 5.74) is 2.54. The molecule has 2 fully saturated rings. The third kappa shape index (κ3) is 2.91. The molecule has 3 heteroatoms. The fourth-order valence-electron chi connectivity index (χ4n) is 2.57. The SMILES string of the molecule is O=C(Cc1ccc(C2CC2)cc1)N[C@@H]1CCNC1. The molecule has 1 atom stereocenters. The van der Waals surface area contributed by atoms with Crippen LogP contribution in [0.5, 0.6) is 0 Å². The highest BCUT2D eigenvalue weighted by Crippen LogP contribution is 2.39. The Balaban J connectivity index is 1.52. The zero-order chi connectivity index (χ0) is 12.4. The number of amides is 1. The molecule has 3 rings (SSSR count). The van der Waals surface area contributed by atoms with Crippen LogP contribution in [0.1, 0.15) is 36.3 Å². The van der Waals surface area contributed by atoms with Crippen molar-refractivity contribution in [2.75, 3.05) is 13.1 Å². The maximum atomic E-state index is 11.9. The molecular formula is C15H20N2O. The van der Waals surface area contributed by atoms with E-state index < -0.39 is 0 Å². The van der Waals surface area contributed by atoms with Crippen LogP contribution in [0.3, 0.4) is 0 Å². The second-order valence-corrected chi connectivity index (χ2v) is 5.45. The van der Waals surface area contributed by atoms with Gasteiger partial charge in [0.15, 0.2) is 0 Å². The first-order valence-electron chi connectivity index (χ1n) is 6.90. The summed E-state index contributed by atoms with van der Waals surface area (Å²) in [7, 11) is 0. The predicted octanol–water partition coefficient (Wildman–Crippen LogP) is 1.58. The van der Waals surface area contributed by atoms with Gasteiger partial charge in [0.05, 0.1) is 6.42 Å². The van der Waals surface area contributed by atoms with E-state index in [1.807, 2.05) is 0 Å². The lowest BCUT2D eigenvalue weighted by Gasteiger charge is -2.11. The first-order valence-corrected chi connectivity index (χ1v) is 6.90. The zero-order valence-electron chi connectivity index (χ0n) is 10.6. The van der Waals surface area contributed by atoms with Crippen molar-refractivity contribution in [3.05, 3.63) is 35.4 Å². The summed E-state index contributed by atoms with van der Waals surface area (Å²) < 4.78 is 0. The normalized spacial score (nSPS) is 23.0. The van der Waals surface area contributed by atoms with Crippen LogP contribution in [-0.2, 0) is 11.2 Å². The highest BCUT2D eigenvalue weighted by molar-refractivity contribution is 5.78. The molecule has 1 saturated carbocycles. The Morgan fingerprint density at radius 1 is 1.22 bits per heavy atom. The Hall–Kier alpha value is -1.35. The number of carbonyl (C=O) groups excluding carboxylic acids is 1. The van der Waals surface area contributed by atoms with Crippen LogP contribution in [0.4, 0.5) is 0 Å². The van der Waals surface area contributed by atoms with Crippen molar-refractivity contribution in [3.8, 4) is 0 Å². The van der Waals surface area contributed by atoms with Gasteiger partial charge in [0.1, 0.15) is 0 Å². The van der Waals surface area contributed by atoms with Gasteiger partial charge >= 0.3 is 0 Å². The Morgan fingerprint density at radius 2 is 2.00 bits per heavy atom. The molecule has 0 aromatic heterocycles. The summed E-state index contributed by atoms with van der Waals surface area (Å²) >= 11 is 0. The lowest BCUT2D eigenvalue weighted by atomic mass is 10.1. The molecule has 0 radical (unpaired) electrons. The van der Waals surface area contributed by atoms with Crippen molar-refractivity contribution < 1.29 is 4.79 Å². The minimum Gasteiger partial charge on any atom is -0.352 e. The van der Waals surface area contributed by atoms with Gasteiger partial charge in [-0.3, -0.25) is 4.79 Å². The van der Waals surface area contributed by atoms with E-state index >= 15 is 0 Å². The Morgan fingerprint density at radius 3 is 2.61 bits per heavy atom. The van der Waals surface area contributed by atoms with Gasteiger partial charge in [-0.2, -0.15) is 0 Å². The van der Waals surface area contributed by atoms with E-state index in [4.69, 9.17) is 0 Å². The number of rotatable bonds is 4. The highest BCUT2D eigenvalue weighted by Gasteiger charge is 2.23. The Labute approximate surface area is 108 Å². The van der Waals surface area contributed by atoms with E-state index in [1.165, 1.54) is 18.4 Å². The lowest BCUT2D eigenvalue weighted by molar-refractivity contribution is -0.121. The second-order valence-electron chi connectivity index (χ2n) is 5.45. The molecule has 0 unspecified atom stereocenters. The molecule has 1 saturated heterocycles. The molecule has 1 heterocycles. The maximum Gasteiger partial charge on any atom is 0.224 e. The Bertz CT molecular complexity index is 417. The van der Waals surface area contributed by atoms with Gasteiger partial charge < -0.3 is 10.6 Å². The number of hydrogen-bond acceptors (Lipinski definition) is 2. The summed E-state index contributed by atoms with van der Waals surface area (Å²) in [5.74, 6) is 0.931. The van der Waals surface area contributed by atoms with E-state index in [-0.39, 0.29) is 5.91 Å². The zero-order valence-corrected chi connectivity index (χ0v) is 10.6. The van der Waals surface area contributed by atoms with Crippen LogP contribution >= 0.6 is 0 Å². The molecule has 1 aromatic rings. The smallest absolute Gasteiger partial charge is 0.224 e. The van der Waals surface area contributed by atoms with Gasteiger partial charge in [-0.25, -0.2) is 0 Å². The fraction of sp³-hybridized carbons (Fsp3) is 0.533. The van der Waals surface area contributed by atoms with Crippen LogP contribution in [0.2, 0.25) is 0 Å². The molecule has 2 aliphatic rings. The van der Waals surface area contributed by atoms with Crippen molar-refractivity contribution in [1.82, 2.24) is 10.6 Å². The molecule has 18 heavy (non-hydrogen) atoms. The van der Waals surface area contributed by atoms with Crippen LogP contribution in [0.25, 0.3) is 0 Å². The number of nitrogens with one attached hydrogen (secondary N) is 2. The predicted molar refractivity (Wildman–Crippen MR) is 71.5 cm³/mol. The van der Waals surface area contributed by atoms with Gasteiger partial charge in [-0.05, 0) is 42.9 Å². The van der Waals surface area contributed by atoms with Gasteiger partial charge in [-0.15, -0.1) is 0 Å². The highest BCUT2D eigenvalue weighted by atomic mass is 16.1. The molecule has 3 nitrogen and oxygen atoms in total. The monoisotopic (exact) mass is 244 g/mol. The molecule has 1 aromatic carbocycles. The van der Waals surface area contributed by atoms with E-state index in [2.05, 4.69) is 34.9 Å². The summed E-state index contributed by atoms with van der Waals surface area (Å²) in [6.45, 7) is 1.92. The van der Waals surface area contributed by atoms with E-state index in [1.54, 1.807) is 0 Å². The van der Waals surface area contributed by atoms with Gasteiger partial charge in [0.2, 0.25) is 5.91 Å². The minimum atomic E-state index is 0.142. The maximum absolute atomic E-state index is 11.9. The van der Waals surface area contributed by atoms with Gasteiger partial charge in [0.25, 0.3) is 0 Å². The number of carbonyl (C=O) groups is 1. The fourth-order valence-corrected chi connectivity index (χ4v) is 2.57. The quantitative estimate of drug-likeness (QED) is 0.844. The summed E-state index contributed by atoms with van der Waals surface area (Å²) in [6, 6.07) is 8.87.